The molecular formula is C24H19N3O2S. The van der Waals surface area contributed by atoms with Gasteiger partial charge in [0.25, 0.3) is 5.69 Å². The topological polar surface area (TPSA) is 60.4 Å². The van der Waals surface area contributed by atoms with Crippen molar-refractivity contribution in [1.82, 2.24) is 4.57 Å². The van der Waals surface area contributed by atoms with Crippen molar-refractivity contribution >= 4 is 29.4 Å². The fraction of sp³-hybridized carbons (Fsp3) is 0.0417. The van der Waals surface area contributed by atoms with Crippen LogP contribution in [-0.4, -0.2) is 15.7 Å². The third-order valence-corrected chi connectivity index (χ3v) is 5.57. The molecule has 5 nitrogen and oxygen atoms in total. The van der Waals surface area contributed by atoms with Gasteiger partial charge in [-0.15, -0.1) is 0 Å². The van der Waals surface area contributed by atoms with Crippen LogP contribution in [0.2, 0.25) is 0 Å². The van der Waals surface area contributed by atoms with Crippen LogP contribution in [0.4, 0.5) is 11.4 Å². The molecule has 0 N–H and O–H groups in total. The monoisotopic (exact) mass is 413 g/mol. The maximum atomic E-state index is 10.7. The Morgan fingerprint density at radius 3 is 2.20 bits per heavy atom. The van der Waals surface area contributed by atoms with Gasteiger partial charge in [-0.25, -0.2) is 0 Å². The van der Waals surface area contributed by atoms with E-state index in [0.29, 0.717) is 0 Å². The normalized spacial score (nSPS) is 11.1. The smallest absolute Gasteiger partial charge is 0.269 e. The molecular weight excluding hydrogens is 394 g/mol. The minimum atomic E-state index is -0.392. The van der Waals surface area contributed by atoms with Gasteiger partial charge in [-0.2, -0.15) is 0 Å². The number of aryl methyl sites for hydroxylation is 1. The molecule has 0 saturated carbocycles. The second kappa shape index (κ2) is 8.80. The summed E-state index contributed by atoms with van der Waals surface area (Å²) in [5.74, 6) is 0. The molecule has 4 aromatic rings. The van der Waals surface area contributed by atoms with E-state index in [9.17, 15) is 10.1 Å². The first-order chi connectivity index (χ1) is 14.6. The number of hydrogen-bond donors (Lipinski definition) is 0. The maximum Gasteiger partial charge on any atom is 0.269 e. The van der Waals surface area contributed by atoms with Crippen LogP contribution in [0, 0.1) is 17.0 Å². The van der Waals surface area contributed by atoms with Crippen LogP contribution in [-0.2, 0) is 0 Å². The Balaban J connectivity index is 1.43. The molecule has 0 spiro atoms. The summed E-state index contributed by atoms with van der Waals surface area (Å²) >= 11 is 1.56. The van der Waals surface area contributed by atoms with E-state index in [2.05, 4.69) is 40.9 Å². The van der Waals surface area contributed by atoms with Crippen LogP contribution in [0.1, 0.15) is 11.3 Å². The maximum absolute atomic E-state index is 10.7. The van der Waals surface area contributed by atoms with Crippen molar-refractivity contribution in [2.45, 2.75) is 16.7 Å². The minimum Gasteiger partial charge on any atom is -0.321 e. The second-order valence-corrected chi connectivity index (χ2v) is 7.87. The first-order valence-electron chi connectivity index (χ1n) is 9.39. The van der Waals surface area contributed by atoms with Crippen LogP contribution in [0.15, 0.2) is 106 Å². The van der Waals surface area contributed by atoms with Gasteiger partial charge in [0.1, 0.15) is 0 Å². The van der Waals surface area contributed by atoms with E-state index >= 15 is 0 Å². The Hall–Kier alpha value is -3.64. The zero-order valence-electron chi connectivity index (χ0n) is 16.3. The second-order valence-electron chi connectivity index (χ2n) is 6.73. The summed E-state index contributed by atoms with van der Waals surface area (Å²) in [7, 11) is 0. The van der Waals surface area contributed by atoms with Gasteiger partial charge >= 0.3 is 0 Å². The SMILES string of the molecule is Cc1cc(C=Nc2ccc(Sc3ccc([N+](=O)[O-])cc3)cc2)cn1-c1ccccc1. The van der Waals surface area contributed by atoms with Crippen molar-refractivity contribution in [3.8, 4) is 5.69 Å². The van der Waals surface area contributed by atoms with Crippen LogP contribution >= 0.6 is 11.8 Å². The highest BCUT2D eigenvalue weighted by Crippen LogP contribution is 2.30. The molecule has 30 heavy (non-hydrogen) atoms. The van der Waals surface area contributed by atoms with E-state index in [4.69, 9.17) is 0 Å². The Morgan fingerprint density at radius 2 is 1.57 bits per heavy atom. The molecule has 1 heterocycles. The number of nitro benzene ring substituents is 1. The quantitative estimate of drug-likeness (QED) is 0.203. The lowest BCUT2D eigenvalue weighted by molar-refractivity contribution is -0.384. The number of hydrogen-bond acceptors (Lipinski definition) is 4. The van der Waals surface area contributed by atoms with E-state index in [1.807, 2.05) is 48.7 Å². The summed E-state index contributed by atoms with van der Waals surface area (Å²) in [6, 6.07) is 26.8. The molecule has 1 aromatic heterocycles. The molecule has 0 fully saturated rings. The number of aromatic nitrogens is 1. The fourth-order valence-corrected chi connectivity index (χ4v) is 3.87. The van der Waals surface area contributed by atoms with Crippen LogP contribution in [0.5, 0.6) is 0 Å². The molecule has 4 rings (SSSR count). The standard InChI is InChI=1S/C24H19N3O2S/c1-18-15-19(17-26(18)21-5-3-2-4-6-21)16-25-20-7-11-23(12-8-20)30-24-13-9-22(10-14-24)27(28)29/h2-17H,1H3. The Morgan fingerprint density at radius 1 is 0.933 bits per heavy atom. The summed E-state index contributed by atoms with van der Waals surface area (Å²) in [5, 5.41) is 10.7. The summed E-state index contributed by atoms with van der Waals surface area (Å²) in [5.41, 5.74) is 4.29. The summed E-state index contributed by atoms with van der Waals surface area (Å²) in [4.78, 5) is 16.9. The largest absolute Gasteiger partial charge is 0.321 e. The fourth-order valence-electron chi connectivity index (χ4n) is 3.06. The van der Waals surface area contributed by atoms with Crippen molar-refractivity contribution in [3.63, 3.8) is 0 Å². The van der Waals surface area contributed by atoms with Crippen molar-refractivity contribution in [1.29, 1.82) is 0 Å². The summed E-state index contributed by atoms with van der Waals surface area (Å²) in [6.07, 6.45) is 3.94. The first-order valence-corrected chi connectivity index (χ1v) is 10.2. The number of benzene rings is 3. The van der Waals surface area contributed by atoms with Crippen molar-refractivity contribution in [3.05, 3.63) is 112 Å². The predicted octanol–water partition coefficient (Wildman–Crippen LogP) is 6.60. The zero-order valence-corrected chi connectivity index (χ0v) is 17.1. The highest BCUT2D eigenvalue weighted by Gasteiger charge is 2.05. The van der Waals surface area contributed by atoms with Gasteiger partial charge < -0.3 is 4.57 Å². The van der Waals surface area contributed by atoms with Crippen LogP contribution in [0.25, 0.3) is 5.69 Å². The van der Waals surface area contributed by atoms with Gasteiger partial charge in [-0.1, -0.05) is 30.0 Å². The third-order valence-electron chi connectivity index (χ3n) is 4.55. The highest BCUT2D eigenvalue weighted by molar-refractivity contribution is 7.99. The molecule has 0 aliphatic heterocycles. The van der Waals surface area contributed by atoms with Gasteiger partial charge in [0.15, 0.2) is 0 Å². The molecule has 6 heteroatoms. The lowest BCUT2D eigenvalue weighted by atomic mass is 10.3. The molecule has 148 valence electrons. The van der Waals surface area contributed by atoms with E-state index < -0.39 is 4.92 Å². The Kier molecular flexibility index (Phi) is 5.77. The zero-order chi connectivity index (χ0) is 20.9. The lowest BCUT2D eigenvalue weighted by Crippen LogP contribution is -1.93. The highest BCUT2D eigenvalue weighted by atomic mass is 32.2. The molecule has 0 saturated heterocycles. The van der Waals surface area contributed by atoms with Gasteiger partial charge in [-0.05, 0) is 61.5 Å². The van der Waals surface area contributed by atoms with Crippen molar-refractivity contribution in [2.24, 2.45) is 4.99 Å². The molecule has 0 aliphatic carbocycles. The molecule has 0 aliphatic rings. The minimum absolute atomic E-state index is 0.0976. The molecule has 0 radical (unpaired) electrons. The summed E-state index contributed by atoms with van der Waals surface area (Å²) in [6.45, 7) is 2.08. The number of nitrogens with zero attached hydrogens (tertiary/aromatic N) is 3. The predicted molar refractivity (Wildman–Crippen MR) is 121 cm³/mol. The average Bonchev–Trinajstić information content (AvgIpc) is 3.15. The van der Waals surface area contributed by atoms with Crippen LogP contribution in [0.3, 0.4) is 0 Å². The number of nitro groups is 1. The lowest BCUT2D eigenvalue weighted by Gasteiger charge is -2.04. The number of rotatable bonds is 6. The van der Waals surface area contributed by atoms with Gasteiger partial charge in [0.2, 0.25) is 0 Å². The first kappa shape index (κ1) is 19.7. The molecule has 0 amide bonds. The number of non-ortho nitro benzene ring substituents is 1. The average molecular weight is 414 g/mol. The van der Waals surface area contributed by atoms with Crippen molar-refractivity contribution in [2.75, 3.05) is 0 Å². The van der Waals surface area contributed by atoms with Crippen LogP contribution < -0.4 is 0 Å². The third kappa shape index (κ3) is 4.67. The van der Waals surface area contributed by atoms with E-state index in [0.717, 1.165) is 32.4 Å². The van der Waals surface area contributed by atoms with Crippen molar-refractivity contribution < 1.29 is 4.92 Å². The van der Waals surface area contributed by atoms with E-state index in [1.165, 1.54) is 12.1 Å². The summed E-state index contributed by atoms with van der Waals surface area (Å²) < 4.78 is 2.14. The molecule has 0 bridgehead atoms. The molecule has 0 unspecified atom stereocenters. The van der Waals surface area contributed by atoms with E-state index in [1.54, 1.807) is 23.9 Å². The van der Waals surface area contributed by atoms with Gasteiger partial charge in [0.05, 0.1) is 10.6 Å². The molecule has 3 aromatic carbocycles. The molecule has 0 atom stereocenters. The van der Waals surface area contributed by atoms with Gasteiger partial charge in [0, 0.05) is 51.3 Å². The Bertz CT molecular complexity index is 1180. The van der Waals surface area contributed by atoms with Gasteiger partial charge in [-0.3, -0.25) is 15.1 Å². The Labute approximate surface area is 178 Å². The number of aliphatic imine (C=N–C) groups is 1. The van der Waals surface area contributed by atoms with E-state index in [-0.39, 0.29) is 5.69 Å². The number of para-hydroxylation sites is 1.